The van der Waals surface area contributed by atoms with Gasteiger partial charge in [-0.15, -0.1) is 0 Å². The summed E-state index contributed by atoms with van der Waals surface area (Å²) < 4.78 is 56.8. The molecule has 4 nitrogen and oxygen atoms in total. The highest BCUT2D eigenvalue weighted by molar-refractivity contribution is 5.93. The summed E-state index contributed by atoms with van der Waals surface area (Å²) in [5.74, 6) is -0.750. The molecule has 0 unspecified atom stereocenters. The van der Waals surface area contributed by atoms with Crippen molar-refractivity contribution in [3.05, 3.63) is 71.7 Å². The fourth-order valence-corrected chi connectivity index (χ4v) is 2.34. The summed E-state index contributed by atoms with van der Waals surface area (Å²) in [4.78, 5) is 12.0. The van der Waals surface area contributed by atoms with E-state index in [0.29, 0.717) is 11.3 Å². The molecular weight excluding hydrogens is 352 g/mol. The number of carbonyl (C=O) groups is 1. The lowest BCUT2D eigenvalue weighted by molar-refractivity contribution is -0.137. The lowest BCUT2D eigenvalue weighted by atomic mass is 10.1. The van der Waals surface area contributed by atoms with Crippen molar-refractivity contribution in [1.82, 2.24) is 5.16 Å². The fraction of sp³-hybridized carbons (Fsp3) is 0.111. The normalized spacial score (nSPS) is 11.4. The number of nitrogens with zero attached hydrogens (tertiary/aromatic N) is 1. The molecule has 3 aromatic rings. The minimum Gasteiger partial charge on any atom is -0.356 e. The van der Waals surface area contributed by atoms with Crippen LogP contribution in [-0.4, -0.2) is 11.1 Å². The number of hydrogen-bond donors (Lipinski definition) is 1. The molecule has 3 rings (SSSR count). The number of amides is 1. The maximum absolute atomic E-state index is 12.9. The van der Waals surface area contributed by atoms with E-state index in [9.17, 15) is 22.4 Å². The third-order valence-corrected chi connectivity index (χ3v) is 3.54. The van der Waals surface area contributed by atoms with Crippen LogP contribution in [0, 0.1) is 5.82 Å². The molecule has 0 saturated carbocycles. The van der Waals surface area contributed by atoms with Gasteiger partial charge in [0.15, 0.2) is 5.76 Å². The summed E-state index contributed by atoms with van der Waals surface area (Å²) in [5.41, 5.74) is -0.452. The highest BCUT2D eigenvalue weighted by Gasteiger charge is 2.33. The first kappa shape index (κ1) is 17.7. The van der Waals surface area contributed by atoms with Crippen molar-refractivity contribution in [2.75, 3.05) is 5.32 Å². The second kappa shape index (κ2) is 6.99. The number of para-hydroxylation sites is 1. The molecule has 0 radical (unpaired) electrons. The van der Waals surface area contributed by atoms with Gasteiger partial charge in [-0.3, -0.25) is 4.79 Å². The van der Waals surface area contributed by atoms with E-state index >= 15 is 0 Å². The maximum atomic E-state index is 12.9. The number of halogens is 4. The SMILES string of the molecule is O=C(Cc1cc(-c2ccc(F)cc2)on1)Nc1ccccc1C(F)(F)F. The standard InChI is InChI=1S/C18H12F4N2O2/c19-12-7-5-11(6-8-12)16-9-13(24-26-16)10-17(25)23-15-4-2-1-3-14(15)18(20,21)22/h1-9H,10H2,(H,23,25). The second-order valence-corrected chi connectivity index (χ2v) is 5.46. The van der Waals surface area contributed by atoms with Gasteiger partial charge in [0.1, 0.15) is 5.82 Å². The first-order chi connectivity index (χ1) is 12.3. The van der Waals surface area contributed by atoms with E-state index in [4.69, 9.17) is 4.52 Å². The van der Waals surface area contributed by atoms with Crippen LogP contribution in [0.5, 0.6) is 0 Å². The molecule has 1 amide bonds. The van der Waals surface area contributed by atoms with E-state index in [1.165, 1.54) is 48.5 Å². The Morgan fingerprint density at radius 1 is 1.08 bits per heavy atom. The predicted molar refractivity (Wildman–Crippen MR) is 85.7 cm³/mol. The van der Waals surface area contributed by atoms with Gasteiger partial charge in [0, 0.05) is 11.6 Å². The quantitative estimate of drug-likeness (QED) is 0.684. The summed E-state index contributed by atoms with van der Waals surface area (Å²) in [6, 6.07) is 11.6. The fourth-order valence-electron chi connectivity index (χ4n) is 2.34. The zero-order valence-electron chi connectivity index (χ0n) is 13.2. The van der Waals surface area contributed by atoms with Gasteiger partial charge < -0.3 is 9.84 Å². The van der Waals surface area contributed by atoms with E-state index in [0.717, 1.165) is 6.07 Å². The van der Waals surface area contributed by atoms with Crippen LogP contribution in [0.25, 0.3) is 11.3 Å². The molecule has 0 bridgehead atoms. The van der Waals surface area contributed by atoms with Crippen LogP contribution in [0.2, 0.25) is 0 Å². The molecule has 2 aromatic carbocycles. The third kappa shape index (κ3) is 4.08. The van der Waals surface area contributed by atoms with Crippen molar-refractivity contribution < 1.29 is 26.9 Å². The molecule has 8 heteroatoms. The summed E-state index contributed by atoms with van der Waals surface area (Å²) in [7, 11) is 0. The molecule has 1 aromatic heterocycles. The molecular formula is C18H12F4N2O2. The van der Waals surface area contributed by atoms with Crippen molar-refractivity contribution in [2.24, 2.45) is 0 Å². The highest BCUT2D eigenvalue weighted by atomic mass is 19.4. The molecule has 1 heterocycles. The Labute approximate surface area is 145 Å². The number of alkyl halides is 3. The summed E-state index contributed by atoms with van der Waals surface area (Å²) in [5, 5.41) is 5.95. The third-order valence-electron chi connectivity index (χ3n) is 3.54. The number of nitrogens with one attached hydrogen (secondary N) is 1. The summed E-state index contributed by atoms with van der Waals surface area (Å²) >= 11 is 0. The minimum absolute atomic E-state index is 0.242. The van der Waals surface area contributed by atoms with Crippen LogP contribution in [0.15, 0.2) is 59.1 Å². The Morgan fingerprint density at radius 3 is 2.46 bits per heavy atom. The topological polar surface area (TPSA) is 55.1 Å². The summed E-state index contributed by atoms with van der Waals surface area (Å²) in [6.07, 6.45) is -4.84. The van der Waals surface area contributed by atoms with Gasteiger partial charge in [-0.25, -0.2) is 4.39 Å². The van der Waals surface area contributed by atoms with Crippen molar-refractivity contribution in [3.8, 4) is 11.3 Å². The largest absolute Gasteiger partial charge is 0.418 e. The molecule has 0 aliphatic rings. The molecule has 0 aliphatic carbocycles. The van der Waals surface area contributed by atoms with E-state index in [1.54, 1.807) is 0 Å². The zero-order chi connectivity index (χ0) is 18.7. The van der Waals surface area contributed by atoms with Crippen molar-refractivity contribution >= 4 is 11.6 Å². The monoisotopic (exact) mass is 364 g/mol. The predicted octanol–water partition coefficient (Wildman–Crippen LogP) is 4.68. The van der Waals surface area contributed by atoms with Crippen LogP contribution in [0.1, 0.15) is 11.3 Å². The smallest absolute Gasteiger partial charge is 0.356 e. The van der Waals surface area contributed by atoms with Gasteiger partial charge in [-0.2, -0.15) is 13.2 Å². The lowest BCUT2D eigenvalue weighted by Gasteiger charge is -2.13. The Bertz CT molecular complexity index is 917. The maximum Gasteiger partial charge on any atom is 0.418 e. The van der Waals surface area contributed by atoms with E-state index in [-0.39, 0.29) is 17.8 Å². The molecule has 0 aliphatic heterocycles. The number of rotatable bonds is 4. The Morgan fingerprint density at radius 2 is 1.77 bits per heavy atom. The zero-order valence-corrected chi connectivity index (χ0v) is 13.2. The van der Waals surface area contributed by atoms with Crippen LogP contribution in [0.3, 0.4) is 0 Å². The van der Waals surface area contributed by atoms with Gasteiger partial charge in [-0.1, -0.05) is 17.3 Å². The number of anilines is 1. The minimum atomic E-state index is -4.58. The van der Waals surface area contributed by atoms with Gasteiger partial charge >= 0.3 is 6.18 Å². The molecule has 0 spiro atoms. The van der Waals surface area contributed by atoms with E-state index in [2.05, 4.69) is 10.5 Å². The molecule has 0 fully saturated rings. The van der Waals surface area contributed by atoms with Gasteiger partial charge in [0.2, 0.25) is 5.91 Å². The van der Waals surface area contributed by atoms with E-state index < -0.39 is 23.5 Å². The van der Waals surface area contributed by atoms with Crippen molar-refractivity contribution in [2.45, 2.75) is 12.6 Å². The Balaban J connectivity index is 1.71. The molecule has 1 N–H and O–H groups in total. The highest BCUT2D eigenvalue weighted by Crippen LogP contribution is 2.34. The number of benzene rings is 2. The van der Waals surface area contributed by atoms with Crippen LogP contribution in [-0.2, 0) is 17.4 Å². The van der Waals surface area contributed by atoms with Crippen LogP contribution in [0.4, 0.5) is 23.2 Å². The molecule has 134 valence electrons. The van der Waals surface area contributed by atoms with Crippen molar-refractivity contribution in [3.63, 3.8) is 0 Å². The number of aromatic nitrogens is 1. The summed E-state index contributed by atoms with van der Waals surface area (Å²) in [6.45, 7) is 0. The lowest BCUT2D eigenvalue weighted by Crippen LogP contribution is -2.18. The second-order valence-electron chi connectivity index (χ2n) is 5.46. The number of hydrogen-bond acceptors (Lipinski definition) is 3. The van der Waals surface area contributed by atoms with Gasteiger partial charge in [-0.05, 0) is 36.4 Å². The molecule has 26 heavy (non-hydrogen) atoms. The first-order valence-electron chi connectivity index (χ1n) is 7.50. The average molecular weight is 364 g/mol. The van der Waals surface area contributed by atoms with Gasteiger partial charge in [0.05, 0.1) is 23.4 Å². The van der Waals surface area contributed by atoms with E-state index in [1.807, 2.05) is 0 Å². The average Bonchev–Trinajstić information content (AvgIpc) is 3.03. The Kier molecular flexibility index (Phi) is 4.75. The van der Waals surface area contributed by atoms with Crippen LogP contribution < -0.4 is 5.32 Å². The number of carbonyl (C=O) groups excluding carboxylic acids is 1. The molecule has 0 saturated heterocycles. The Hall–Kier alpha value is -3.16. The first-order valence-corrected chi connectivity index (χ1v) is 7.50. The van der Waals surface area contributed by atoms with Crippen molar-refractivity contribution in [1.29, 1.82) is 0 Å². The van der Waals surface area contributed by atoms with Gasteiger partial charge in [0.25, 0.3) is 0 Å². The molecule has 0 atom stereocenters. The van der Waals surface area contributed by atoms with Crippen LogP contribution >= 0.6 is 0 Å².